The lowest BCUT2D eigenvalue weighted by Gasteiger charge is -2.34. The minimum Gasteiger partial charge on any atom is -0.491 e. The molecule has 0 aromatic heterocycles. The van der Waals surface area contributed by atoms with Gasteiger partial charge in [0, 0.05) is 44.0 Å². The Balaban J connectivity index is 1.22. The van der Waals surface area contributed by atoms with Gasteiger partial charge in [0.05, 0.1) is 12.6 Å². The number of carbonyl (C=O) groups is 2. The van der Waals surface area contributed by atoms with Crippen molar-refractivity contribution in [3.63, 3.8) is 0 Å². The quantitative estimate of drug-likeness (QED) is 0.667. The van der Waals surface area contributed by atoms with Crippen LogP contribution < -0.4 is 10.1 Å². The standard InChI is InChI=1S/C26H33N3O4/c1-2-20-6-3-4-8-24(20)27-25(30)18-28-13-15-29(16-14-28)26(31)21-9-11-22(12-10-21)33-19-23-7-5-17-32-23/h3-4,6,8-12,23H,2,5,7,13-19H2,1H3,(H,27,30)/t23-/m1/s1. The second-order valence-electron chi connectivity index (χ2n) is 8.60. The van der Waals surface area contributed by atoms with Gasteiger partial charge in [0.1, 0.15) is 12.4 Å². The number of rotatable bonds is 8. The lowest BCUT2D eigenvalue weighted by molar-refractivity contribution is -0.117. The predicted molar refractivity (Wildman–Crippen MR) is 128 cm³/mol. The van der Waals surface area contributed by atoms with Crippen LogP contribution in [0.25, 0.3) is 0 Å². The van der Waals surface area contributed by atoms with Crippen molar-refractivity contribution in [2.75, 3.05) is 51.3 Å². The van der Waals surface area contributed by atoms with E-state index in [0.717, 1.165) is 42.9 Å². The van der Waals surface area contributed by atoms with Gasteiger partial charge in [-0.3, -0.25) is 14.5 Å². The van der Waals surface area contributed by atoms with Crippen LogP contribution in [0.2, 0.25) is 0 Å². The molecule has 2 aromatic rings. The van der Waals surface area contributed by atoms with Crippen LogP contribution >= 0.6 is 0 Å². The molecule has 1 N–H and O–H groups in total. The molecule has 0 unspecified atom stereocenters. The molecule has 2 heterocycles. The molecule has 2 aliphatic heterocycles. The fraction of sp³-hybridized carbons (Fsp3) is 0.462. The smallest absolute Gasteiger partial charge is 0.253 e. The third-order valence-electron chi connectivity index (χ3n) is 6.26. The first-order chi connectivity index (χ1) is 16.1. The predicted octanol–water partition coefficient (Wildman–Crippen LogP) is 3.20. The molecule has 2 aliphatic rings. The number of nitrogens with one attached hydrogen (secondary N) is 1. The second-order valence-corrected chi connectivity index (χ2v) is 8.60. The van der Waals surface area contributed by atoms with Crippen molar-refractivity contribution in [1.82, 2.24) is 9.80 Å². The number of carbonyl (C=O) groups excluding carboxylic acids is 2. The summed E-state index contributed by atoms with van der Waals surface area (Å²) in [5.74, 6) is 0.749. The molecule has 2 saturated heterocycles. The van der Waals surface area contributed by atoms with Gasteiger partial charge in [-0.2, -0.15) is 0 Å². The van der Waals surface area contributed by atoms with Gasteiger partial charge in [-0.15, -0.1) is 0 Å². The maximum absolute atomic E-state index is 12.9. The zero-order valence-electron chi connectivity index (χ0n) is 19.3. The Kier molecular flexibility index (Phi) is 7.96. The maximum atomic E-state index is 12.9. The van der Waals surface area contributed by atoms with Gasteiger partial charge in [-0.1, -0.05) is 25.1 Å². The number of nitrogens with zero attached hydrogens (tertiary/aromatic N) is 2. The monoisotopic (exact) mass is 451 g/mol. The zero-order valence-corrected chi connectivity index (χ0v) is 19.3. The third kappa shape index (κ3) is 6.33. The molecule has 2 amide bonds. The van der Waals surface area contributed by atoms with E-state index in [4.69, 9.17) is 9.47 Å². The summed E-state index contributed by atoms with van der Waals surface area (Å²) in [4.78, 5) is 29.3. The van der Waals surface area contributed by atoms with Gasteiger partial charge in [-0.25, -0.2) is 0 Å². The summed E-state index contributed by atoms with van der Waals surface area (Å²) in [5, 5.41) is 3.02. The van der Waals surface area contributed by atoms with E-state index in [1.54, 1.807) is 0 Å². The van der Waals surface area contributed by atoms with Crippen LogP contribution in [0.3, 0.4) is 0 Å². The first-order valence-electron chi connectivity index (χ1n) is 11.9. The third-order valence-corrected chi connectivity index (χ3v) is 6.26. The average molecular weight is 452 g/mol. The van der Waals surface area contributed by atoms with Crippen molar-refractivity contribution in [3.05, 3.63) is 59.7 Å². The van der Waals surface area contributed by atoms with Gasteiger partial charge in [0.2, 0.25) is 5.91 Å². The molecule has 7 nitrogen and oxygen atoms in total. The summed E-state index contributed by atoms with van der Waals surface area (Å²) in [6.45, 7) is 6.33. The van der Waals surface area contributed by atoms with E-state index in [-0.39, 0.29) is 17.9 Å². The number of anilines is 1. The highest BCUT2D eigenvalue weighted by Crippen LogP contribution is 2.18. The van der Waals surface area contributed by atoms with Crippen molar-refractivity contribution >= 4 is 17.5 Å². The van der Waals surface area contributed by atoms with Gasteiger partial charge in [0.25, 0.3) is 5.91 Å². The van der Waals surface area contributed by atoms with Gasteiger partial charge in [0.15, 0.2) is 0 Å². The molecule has 1 atom stereocenters. The summed E-state index contributed by atoms with van der Waals surface area (Å²) in [6, 6.07) is 15.2. The minimum absolute atomic E-state index is 0.0154. The number of piperazine rings is 1. The SMILES string of the molecule is CCc1ccccc1NC(=O)CN1CCN(C(=O)c2ccc(OC[C@H]3CCCO3)cc2)CC1. The van der Waals surface area contributed by atoms with E-state index in [9.17, 15) is 9.59 Å². The highest BCUT2D eigenvalue weighted by molar-refractivity contribution is 5.94. The van der Waals surface area contributed by atoms with E-state index in [1.807, 2.05) is 53.4 Å². The summed E-state index contributed by atoms with van der Waals surface area (Å²) < 4.78 is 11.4. The number of hydrogen-bond donors (Lipinski definition) is 1. The van der Waals surface area contributed by atoms with E-state index in [0.29, 0.717) is 44.9 Å². The van der Waals surface area contributed by atoms with E-state index in [1.165, 1.54) is 0 Å². The van der Waals surface area contributed by atoms with Gasteiger partial charge in [-0.05, 0) is 55.2 Å². The molecule has 7 heteroatoms. The molecular weight excluding hydrogens is 418 g/mol. The zero-order chi connectivity index (χ0) is 23.0. The van der Waals surface area contributed by atoms with Gasteiger partial charge < -0.3 is 19.7 Å². The van der Waals surface area contributed by atoms with Crippen molar-refractivity contribution in [2.45, 2.75) is 32.3 Å². The first-order valence-corrected chi connectivity index (χ1v) is 11.9. The molecule has 0 saturated carbocycles. The fourth-order valence-corrected chi connectivity index (χ4v) is 4.29. The molecule has 0 aliphatic carbocycles. The molecule has 33 heavy (non-hydrogen) atoms. The molecule has 0 radical (unpaired) electrons. The Morgan fingerprint density at radius 2 is 1.82 bits per heavy atom. The summed E-state index contributed by atoms with van der Waals surface area (Å²) in [6.07, 6.45) is 3.17. The Morgan fingerprint density at radius 3 is 2.52 bits per heavy atom. The normalized spacial score (nSPS) is 18.8. The molecule has 176 valence electrons. The van der Waals surface area contributed by atoms with Crippen molar-refractivity contribution < 1.29 is 19.1 Å². The highest BCUT2D eigenvalue weighted by atomic mass is 16.5. The Morgan fingerprint density at radius 1 is 1.06 bits per heavy atom. The summed E-state index contributed by atoms with van der Waals surface area (Å²) >= 11 is 0. The minimum atomic E-state index is -0.0192. The van der Waals surface area contributed by atoms with Crippen LogP contribution in [0.5, 0.6) is 5.75 Å². The largest absolute Gasteiger partial charge is 0.491 e. The summed E-state index contributed by atoms with van der Waals surface area (Å²) in [7, 11) is 0. The van der Waals surface area contributed by atoms with Gasteiger partial charge >= 0.3 is 0 Å². The number of aryl methyl sites for hydroxylation is 1. The van der Waals surface area contributed by atoms with Crippen LogP contribution in [-0.4, -0.2) is 73.7 Å². The first kappa shape index (κ1) is 23.3. The van der Waals surface area contributed by atoms with E-state index in [2.05, 4.69) is 17.1 Å². The lowest BCUT2D eigenvalue weighted by atomic mass is 10.1. The van der Waals surface area contributed by atoms with E-state index >= 15 is 0 Å². The van der Waals surface area contributed by atoms with Crippen LogP contribution in [-0.2, 0) is 16.0 Å². The molecule has 0 spiro atoms. The fourth-order valence-electron chi connectivity index (χ4n) is 4.29. The number of para-hydroxylation sites is 1. The van der Waals surface area contributed by atoms with Crippen molar-refractivity contribution in [2.24, 2.45) is 0 Å². The lowest BCUT2D eigenvalue weighted by Crippen LogP contribution is -2.50. The van der Waals surface area contributed by atoms with Crippen molar-refractivity contribution in [1.29, 1.82) is 0 Å². The molecule has 2 aromatic carbocycles. The van der Waals surface area contributed by atoms with E-state index < -0.39 is 0 Å². The average Bonchev–Trinajstić information content (AvgIpc) is 3.37. The van der Waals surface area contributed by atoms with Crippen LogP contribution in [0.1, 0.15) is 35.7 Å². The second kappa shape index (κ2) is 11.3. The van der Waals surface area contributed by atoms with Crippen LogP contribution in [0, 0.1) is 0 Å². The topological polar surface area (TPSA) is 71.1 Å². The highest BCUT2D eigenvalue weighted by Gasteiger charge is 2.23. The number of amides is 2. The molecule has 2 fully saturated rings. The van der Waals surface area contributed by atoms with Crippen LogP contribution in [0.15, 0.2) is 48.5 Å². The number of hydrogen-bond acceptors (Lipinski definition) is 5. The number of ether oxygens (including phenoxy) is 2. The Labute approximate surface area is 195 Å². The van der Waals surface area contributed by atoms with Crippen LogP contribution in [0.4, 0.5) is 5.69 Å². The molecule has 0 bridgehead atoms. The maximum Gasteiger partial charge on any atom is 0.253 e. The van der Waals surface area contributed by atoms with Crippen molar-refractivity contribution in [3.8, 4) is 5.75 Å². The molecular formula is C26H33N3O4. The number of benzene rings is 2. The Bertz CT molecular complexity index is 933. The summed E-state index contributed by atoms with van der Waals surface area (Å²) in [5.41, 5.74) is 2.66. The Hall–Kier alpha value is -2.90. The molecule has 4 rings (SSSR count).